The Morgan fingerprint density at radius 3 is 2.96 bits per heavy atom. The van der Waals surface area contributed by atoms with E-state index in [0.717, 1.165) is 24.5 Å². The minimum atomic E-state index is -0.0352. The second kappa shape index (κ2) is 7.55. The Morgan fingerprint density at radius 1 is 1.42 bits per heavy atom. The van der Waals surface area contributed by atoms with Gasteiger partial charge in [-0.3, -0.25) is 4.79 Å². The number of nitrogens with one attached hydrogen (secondary N) is 1. The summed E-state index contributed by atoms with van der Waals surface area (Å²) in [6.07, 6.45) is 4.69. The molecule has 3 rings (SSSR count). The number of benzene rings is 1. The van der Waals surface area contributed by atoms with Gasteiger partial charge in [0.25, 0.3) is 0 Å². The molecule has 1 aromatic carbocycles. The number of hydrogen-bond acceptors (Lipinski definition) is 3. The maximum absolute atomic E-state index is 12.8. The van der Waals surface area contributed by atoms with Crippen LogP contribution >= 0.6 is 23.2 Å². The number of rotatable bonds is 4. The van der Waals surface area contributed by atoms with Gasteiger partial charge in [-0.25, -0.2) is 4.98 Å². The third-order valence-corrected chi connectivity index (χ3v) is 4.93. The molecule has 1 aliphatic heterocycles. The van der Waals surface area contributed by atoms with E-state index in [1.807, 2.05) is 28.8 Å². The number of piperazine rings is 1. The third kappa shape index (κ3) is 3.74. The lowest BCUT2D eigenvalue weighted by Crippen LogP contribution is -2.49. The van der Waals surface area contributed by atoms with Crippen molar-refractivity contribution < 1.29 is 4.79 Å². The molecule has 1 amide bonds. The minimum absolute atomic E-state index is 0.0352. The standard InChI is InChI=1S/C17H20Cl2N4O/c1-22-8-7-21-17(22)15-11-20-6-9-23(15)16(24)5-3-12-2-4-13(18)10-14(12)19/h2,4,7-8,10,15,20H,3,5-6,9,11H2,1H3. The average molecular weight is 367 g/mol. The van der Waals surface area contributed by atoms with Gasteiger partial charge >= 0.3 is 0 Å². The normalized spacial score (nSPS) is 18.0. The van der Waals surface area contributed by atoms with E-state index in [1.54, 1.807) is 18.3 Å². The van der Waals surface area contributed by atoms with Gasteiger partial charge in [0.2, 0.25) is 5.91 Å². The van der Waals surface area contributed by atoms with Crippen molar-refractivity contribution in [2.75, 3.05) is 19.6 Å². The van der Waals surface area contributed by atoms with Gasteiger partial charge in [-0.2, -0.15) is 0 Å². The molecule has 1 fully saturated rings. The monoisotopic (exact) mass is 366 g/mol. The lowest BCUT2D eigenvalue weighted by molar-refractivity contribution is -0.134. The number of nitrogens with zero attached hydrogens (tertiary/aromatic N) is 3. The second-order valence-electron chi connectivity index (χ2n) is 5.94. The Kier molecular flexibility index (Phi) is 5.43. The van der Waals surface area contributed by atoms with Crippen molar-refractivity contribution in [3.8, 4) is 0 Å². The van der Waals surface area contributed by atoms with Gasteiger partial charge in [-0.1, -0.05) is 29.3 Å². The SMILES string of the molecule is Cn1ccnc1C1CNCCN1C(=O)CCc1ccc(Cl)cc1Cl. The number of carbonyl (C=O) groups is 1. The van der Waals surface area contributed by atoms with E-state index in [2.05, 4.69) is 10.3 Å². The molecule has 1 unspecified atom stereocenters. The van der Waals surface area contributed by atoms with Crippen LogP contribution in [0, 0.1) is 0 Å². The summed E-state index contributed by atoms with van der Waals surface area (Å²) in [5.74, 6) is 1.02. The van der Waals surface area contributed by atoms with E-state index in [0.29, 0.717) is 29.4 Å². The van der Waals surface area contributed by atoms with Crippen LogP contribution in [0.5, 0.6) is 0 Å². The highest BCUT2D eigenvalue weighted by Crippen LogP contribution is 2.24. The van der Waals surface area contributed by atoms with Gasteiger partial charge in [0.05, 0.1) is 0 Å². The fourth-order valence-corrected chi connectivity index (χ4v) is 3.54. The van der Waals surface area contributed by atoms with Crippen LogP contribution in [-0.2, 0) is 18.3 Å². The van der Waals surface area contributed by atoms with E-state index in [9.17, 15) is 4.79 Å². The Hall–Kier alpha value is -1.56. The van der Waals surface area contributed by atoms with E-state index < -0.39 is 0 Å². The van der Waals surface area contributed by atoms with Gasteiger partial charge in [0, 0.05) is 55.5 Å². The van der Waals surface area contributed by atoms with E-state index in [4.69, 9.17) is 23.2 Å². The lowest BCUT2D eigenvalue weighted by Gasteiger charge is -2.36. The summed E-state index contributed by atoms with van der Waals surface area (Å²) in [5, 5.41) is 4.55. The fourth-order valence-electron chi connectivity index (χ4n) is 3.04. The number of aryl methyl sites for hydroxylation is 2. The largest absolute Gasteiger partial charge is 0.336 e. The van der Waals surface area contributed by atoms with Crippen LogP contribution in [-0.4, -0.2) is 40.0 Å². The molecule has 128 valence electrons. The van der Waals surface area contributed by atoms with E-state index in [1.165, 1.54) is 0 Å². The maximum Gasteiger partial charge on any atom is 0.223 e. The van der Waals surface area contributed by atoms with E-state index in [-0.39, 0.29) is 11.9 Å². The zero-order valence-electron chi connectivity index (χ0n) is 13.5. The molecule has 1 aliphatic rings. The van der Waals surface area contributed by atoms with Gasteiger partial charge in [-0.15, -0.1) is 0 Å². The third-order valence-electron chi connectivity index (χ3n) is 4.34. The first-order chi connectivity index (χ1) is 11.6. The number of imidazole rings is 1. The molecule has 0 aliphatic carbocycles. The molecule has 2 aromatic rings. The van der Waals surface area contributed by atoms with Gasteiger partial charge < -0.3 is 14.8 Å². The van der Waals surface area contributed by atoms with Crippen LogP contribution in [0.15, 0.2) is 30.6 Å². The van der Waals surface area contributed by atoms with Gasteiger partial charge in [0.15, 0.2) is 0 Å². The lowest BCUT2D eigenvalue weighted by atomic mass is 10.1. The molecule has 1 N–H and O–H groups in total. The number of amides is 1. The van der Waals surface area contributed by atoms with E-state index >= 15 is 0 Å². The smallest absolute Gasteiger partial charge is 0.223 e. The Bertz CT molecular complexity index is 731. The first-order valence-corrected chi connectivity index (χ1v) is 8.73. The summed E-state index contributed by atoms with van der Waals surface area (Å²) in [6, 6.07) is 5.36. The molecule has 1 saturated heterocycles. The first kappa shape index (κ1) is 17.3. The van der Waals surface area contributed by atoms with Crippen molar-refractivity contribution in [2.45, 2.75) is 18.9 Å². The molecule has 24 heavy (non-hydrogen) atoms. The highest BCUT2D eigenvalue weighted by Gasteiger charge is 2.30. The Balaban J connectivity index is 1.69. The molecule has 1 aromatic heterocycles. The van der Waals surface area contributed by atoms with Crippen molar-refractivity contribution in [1.29, 1.82) is 0 Å². The summed E-state index contributed by atoms with van der Waals surface area (Å²) in [6.45, 7) is 2.21. The molecule has 1 atom stereocenters. The summed E-state index contributed by atoms with van der Waals surface area (Å²) < 4.78 is 1.97. The van der Waals surface area contributed by atoms with Crippen LogP contribution in [0.2, 0.25) is 10.0 Å². The van der Waals surface area contributed by atoms with Gasteiger partial charge in [-0.05, 0) is 24.1 Å². The number of hydrogen-bond donors (Lipinski definition) is 1. The summed E-state index contributed by atoms with van der Waals surface area (Å²) in [4.78, 5) is 19.1. The zero-order valence-corrected chi connectivity index (χ0v) is 15.0. The summed E-state index contributed by atoms with van der Waals surface area (Å²) in [5.41, 5.74) is 0.943. The zero-order chi connectivity index (χ0) is 17.1. The number of aromatic nitrogens is 2. The van der Waals surface area contributed by atoms with Crippen molar-refractivity contribution in [3.63, 3.8) is 0 Å². The number of halogens is 2. The molecular formula is C17H20Cl2N4O. The summed E-state index contributed by atoms with van der Waals surface area (Å²) >= 11 is 12.1. The highest BCUT2D eigenvalue weighted by molar-refractivity contribution is 6.35. The molecule has 0 saturated carbocycles. The predicted octanol–water partition coefficient (Wildman–Crippen LogP) is 2.83. The molecular weight excluding hydrogens is 347 g/mol. The minimum Gasteiger partial charge on any atom is -0.336 e. The Morgan fingerprint density at radius 2 is 2.25 bits per heavy atom. The molecule has 7 heteroatoms. The predicted molar refractivity (Wildman–Crippen MR) is 95.3 cm³/mol. The first-order valence-electron chi connectivity index (χ1n) is 7.97. The number of carbonyl (C=O) groups excluding carboxylic acids is 1. The van der Waals surface area contributed by atoms with Crippen LogP contribution in [0.1, 0.15) is 23.9 Å². The van der Waals surface area contributed by atoms with Crippen LogP contribution in [0.3, 0.4) is 0 Å². The van der Waals surface area contributed by atoms with Crippen LogP contribution in [0.25, 0.3) is 0 Å². The quantitative estimate of drug-likeness (QED) is 0.904. The van der Waals surface area contributed by atoms with Crippen molar-refractivity contribution in [3.05, 3.63) is 52.0 Å². The molecule has 2 heterocycles. The second-order valence-corrected chi connectivity index (χ2v) is 6.78. The molecule has 0 spiro atoms. The van der Waals surface area contributed by atoms with Crippen molar-refractivity contribution >= 4 is 29.1 Å². The van der Waals surface area contributed by atoms with Crippen molar-refractivity contribution in [1.82, 2.24) is 19.8 Å². The maximum atomic E-state index is 12.8. The van der Waals surface area contributed by atoms with Crippen LogP contribution < -0.4 is 5.32 Å². The molecule has 0 bridgehead atoms. The summed E-state index contributed by atoms with van der Waals surface area (Å²) in [7, 11) is 1.95. The highest BCUT2D eigenvalue weighted by atomic mass is 35.5. The Labute approximate surface area is 151 Å². The van der Waals surface area contributed by atoms with Crippen LogP contribution in [0.4, 0.5) is 0 Å². The molecule has 5 nitrogen and oxygen atoms in total. The molecule has 0 radical (unpaired) electrons. The van der Waals surface area contributed by atoms with Gasteiger partial charge in [0.1, 0.15) is 11.9 Å². The fraction of sp³-hybridized carbons (Fsp3) is 0.412. The average Bonchev–Trinajstić information content (AvgIpc) is 2.99. The van der Waals surface area contributed by atoms with Crippen molar-refractivity contribution in [2.24, 2.45) is 7.05 Å². The topological polar surface area (TPSA) is 50.2 Å².